The average Bonchev–Trinajstić information content (AvgIpc) is 3.17. The van der Waals surface area contributed by atoms with Crippen LogP contribution in [-0.2, 0) is 14.3 Å². The van der Waals surface area contributed by atoms with Gasteiger partial charge in [0.1, 0.15) is 24.1 Å². The largest absolute Gasteiger partial charge is 0.496 e. The summed E-state index contributed by atoms with van der Waals surface area (Å²) < 4.78 is 11.1. The molecule has 1 aromatic carbocycles. The highest BCUT2D eigenvalue weighted by atomic mass is 35.5. The van der Waals surface area contributed by atoms with E-state index >= 15 is 0 Å². The summed E-state index contributed by atoms with van der Waals surface area (Å²) in [7, 11) is 3.13. The number of amides is 3. The predicted molar refractivity (Wildman–Crippen MR) is 204 cm³/mol. The minimum Gasteiger partial charge on any atom is -0.496 e. The zero-order valence-corrected chi connectivity index (χ0v) is 32.5. The molecule has 2 fully saturated rings. The maximum Gasteiger partial charge on any atom is 0.255 e. The van der Waals surface area contributed by atoms with Crippen molar-refractivity contribution in [1.82, 2.24) is 25.8 Å². The number of piperidine rings is 2. The molecule has 0 saturated carbocycles. The summed E-state index contributed by atoms with van der Waals surface area (Å²) in [5.41, 5.74) is 6.52. The van der Waals surface area contributed by atoms with E-state index in [1.807, 2.05) is 0 Å². The van der Waals surface area contributed by atoms with E-state index in [9.17, 15) is 34.8 Å². The zero-order chi connectivity index (χ0) is 39.6. The fourth-order valence-corrected chi connectivity index (χ4v) is 7.18. The van der Waals surface area contributed by atoms with E-state index in [-0.39, 0.29) is 48.9 Å². The number of benzene rings is 1. The van der Waals surface area contributed by atoms with Gasteiger partial charge in [-0.1, -0.05) is 24.4 Å². The van der Waals surface area contributed by atoms with E-state index in [0.29, 0.717) is 41.4 Å². The molecule has 10 N–H and O–H groups in total. The SMILES string of the molecule is COc1cc(N)c(Cl)cc1C(=O)N[C@@H]1CCN(CCCCCC(=O)N[C@@H]2CCCN(CCCCCC(=O)NC[C@H](O)[C@@H](O)[C@H](O)[C@H](O)CO)C2)C[C@@H]1OC. The summed E-state index contributed by atoms with van der Waals surface area (Å²) in [6, 6.07) is 3.03. The van der Waals surface area contributed by atoms with Gasteiger partial charge >= 0.3 is 0 Å². The number of aliphatic hydroxyl groups is 5. The number of aliphatic hydroxyl groups excluding tert-OH is 5. The summed E-state index contributed by atoms with van der Waals surface area (Å²) in [6.07, 6.45) is 1.89. The Bertz CT molecular complexity index is 1310. The van der Waals surface area contributed by atoms with Crippen molar-refractivity contribution in [1.29, 1.82) is 0 Å². The number of nitrogens with two attached hydrogens (primary N) is 1. The van der Waals surface area contributed by atoms with Crippen LogP contribution in [0.2, 0.25) is 5.02 Å². The van der Waals surface area contributed by atoms with Crippen molar-refractivity contribution in [2.45, 2.75) is 113 Å². The van der Waals surface area contributed by atoms with Crippen molar-refractivity contribution in [3.63, 3.8) is 0 Å². The Balaban J connectivity index is 1.24. The maximum atomic E-state index is 13.1. The van der Waals surface area contributed by atoms with Crippen molar-refractivity contribution in [3.05, 3.63) is 22.7 Å². The monoisotopic (exact) mass is 786 g/mol. The summed E-state index contributed by atoms with van der Waals surface area (Å²) >= 11 is 6.16. The smallest absolute Gasteiger partial charge is 0.255 e. The summed E-state index contributed by atoms with van der Waals surface area (Å²) in [4.78, 5) is 42.6. The van der Waals surface area contributed by atoms with Gasteiger partial charge in [0, 0.05) is 58.2 Å². The molecule has 0 bridgehead atoms. The highest BCUT2D eigenvalue weighted by molar-refractivity contribution is 6.33. The summed E-state index contributed by atoms with van der Waals surface area (Å²) in [5.74, 6) is -0.134. The molecule has 17 heteroatoms. The van der Waals surface area contributed by atoms with Gasteiger partial charge in [-0.2, -0.15) is 0 Å². The standard InChI is InChI=1S/C37H63ClN6O10/c1-53-31-19-27(39)26(38)18-25(31)37(52)42-28-13-17-44(22-32(28)54-2)15-8-4-6-12-34(49)41-24-10-9-16-43(21-24)14-7-3-5-11-33(48)40-20-29(46)35(50)36(51)30(47)23-45/h18-19,24,28-30,32,35-36,45-47,50-51H,3-17,20-23,39H2,1-2H3,(H,40,48)(H,41,49)(H,42,52)/t24-,28-,29+,30-,32+,35-,36-/m1/s1. The van der Waals surface area contributed by atoms with Gasteiger partial charge in [-0.3, -0.25) is 14.4 Å². The van der Waals surface area contributed by atoms with Crippen LogP contribution in [0.15, 0.2) is 12.1 Å². The molecule has 2 aliphatic heterocycles. The molecule has 0 spiro atoms. The molecule has 2 saturated heterocycles. The number of rotatable bonds is 23. The first-order chi connectivity index (χ1) is 25.9. The molecule has 0 unspecified atom stereocenters. The topological polar surface area (TPSA) is 239 Å². The molecular formula is C37H63ClN6O10. The average molecular weight is 787 g/mol. The van der Waals surface area contributed by atoms with Crippen LogP contribution in [0.25, 0.3) is 0 Å². The van der Waals surface area contributed by atoms with Crippen molar-refractivity contribution in [2.75, 3.05) is 72.4 Å². The Morgan fingerprint density at radius 3 is 2.17 bits per heavy atom. The second kappa shape index (κ2) is 24.0. The van der Waals surface area contributed by atoms with Crippen LogP contribution < -0.4 is 26.4 Å². The van der Waals surface area contributed by atoms with Crippen molar-refractivity contribution in [2.24, 2.45) is 0 Å². The van der Waals surface area contributed by atoms with Crippen molar-refractivity contribution in [3.8, 4) is 5.75 Å². The molecule has 3 rings (SSSR count). The first-order valence-corrected chi connectivity index (χ1v) is 19.5. The number of carbonyl (C=O) groups is 3. The minimum atomic E-state index is -1.73. The van der Waals surface area contributed by atoms with Gasteiger partial charge in [-0.05, 0) is 70.6 Å². The Kier molecular flexibility index (Phi) is 20.2. The van der Waals surface area contributed by atoms with Gasteiger partial charge in [0.25, 0.3) is 5.91 Å². The fourth-order valence-electron chi connectivity index (χ4n) is 7.01. The first-order valence-electron chi connectivity index (χ1n) is 19.2. The molecule has 0 aromatic heterocycles. The lowest BCUT2D eigenvalue weighted by Gasteiger charge is -2.38. The molecule has 1 aromatic rings. The van der Waals surface area contributed by atoms with E-state index in [1.54, 1.807) is 13.2 Å². The Morgan fingerprint density at radius 2 is 1.52 bits per heavy atom. The third kappa shape index (κ3) is 15.0. The van der Waals surface area contributed by atoms with Gasteiger partial charge in [0.05, 0.1) is 48.2 Å². The van der Waals surface area contributed by atoms with E-state index in [0.717, 1.165) is 84.1 Å². The normalized spacial score (nSPS) is 21.8. The number of methoxy groups -OCH3 is 2. The van der Waals surface area contributed by atoms with E-state index in [1.165, 1.54) is 13.2 Å². The molecule has 7 atom stereocenters. The van der Waals surface area contributed by atoms with Gasteiger partial charge in [-0.25, -0.2) is 0 Å². The van der Waals surface area contributed by atoms with E-state index in [2.05, 4.69) is 25.8 Å². The van der Waals surface area contributed by atoms with Gasteiger partial charge in [0.2, 0.25) is 11.8 Å². The third-order valence-electron chi connectivity index (χ3n) is 10.3. The van der Waals surface area contributed by atoms with Crippen molar-refractivity contribution < 1.29 is 49.4 Å². The number of likely N-dealkylation sites (tertiary alicyclic amines) is 2. The lowest BCUT2D eigenvalue weighted by Crippen LogP contribution is -2.54. The number of nitrogens with one attached hydrogen (secondary N) is 3. The molecular weight excluding hydrogens is 724 g/mol. The number of nitrogen functional groups attached to an aromatic ring is 1. The molecule has 16 nitrogen and oxygen atoms in total. The van der Waals surface area contributed by atoms with Crippen LogP contribution in [0, 0.1) is 0 Å². The number of anilines is 1. The van der Waals surface area contributed by atoms with Crippen LogP contribution in [0.5, 0.6) is 5.75 Å². The predicted octanol–water partition coefficient (Wildman–Crippen LogP) is 0.00340. The van der Waals surface area contributed by atoms with Gasteiger partial charge < -0.3 is 66.5 Å². The highest BCUT2D eigenvalue weighted by Gasteiger charge is 2.32. The van der Waals surface area contributed by atoms with E-state index < -0.39 is 31.0 Å². The van der Waals surface area contributed by atoms with Gasteiger partial charge in [0.15, 0.2) is 0 Å². The van der Waals surface area contributed by atoms with Crippen LogP contribution in [0.3, 0.4) is 0 Å². The third-order valence-corrected chi connectivity index (χ3v) is 10.6. The minimum absolute atomic E-state index is 0.0830. The van der Waals surface area contributed by atoms with Gasteiger partial charge in [-0.15, -0.1) is 0 Å². The Labute approximate surface area is 323 Å². The first kappa shape index (κ1) is 45.6. The molecule has 54 heavy (non-hydrogen) atoms. The Hall–Kier alpha value is -2.80. The van der Waals surface area contributed by atoms with Crippen LogP contribution in [0.4, 0.5) is 5.69 Å². The molecule has 0 aliphatic carbocycles. The number of carbonyl (C=O) groups excluding carboxylic acids is 3. The van der Waals surface area contributed by atoms with Crippen molar-refractivity contribution >= 4 is 35.0 Å². The van der Waals surface area contributed by atoms with Crippen LogP contribution >= 0.6 is 11.6 Å². The van der Waals surface area contributed by atoms with Crippen LogP contribution in [0.1, 0.15) is 81.0 Å². The molecule has 308 valence electrons. The highest BCUT2D eigenvalue weighted by Crippen LogP contribution is 2.29. The molecule has 2 aliphatic rings. The lowest BCUT2D eigenvalue weighted by atomic mass is 10.00. The number of halogens is 1. The second-order valence-electron chi connectivity index (χ2n) is 14.4. The number of hydrogen-bond acceptors (Lipinski definition) is 13. The Morgan fingerprint density at radius 1 is 0.870 bits per heavy atom. The number of nitrogens with zero attached hydrogens (tertiary/aromatic N) is 2. The summed E-state index contributed by atoms with van der Waals surface area (Å²) in [6.45, 7) is 4.02. The van der Waals surface area contributed by atoms with E-state index in [4.69, 9.17) is 31.9 Å². The number of unbranched alkanes of at least 4 members (excludes halogenated alkanes) is 4. The van der Waals surface area contributed by atoms with Crippen LogP contribution in [-0.4, -0.2) is 162 Å². The number of ether oxygens (including phenoxy) is 2. The maximum absolute atomic E-state index is 13.1. The molecule has 3 amide bonds. The lowest BCUT2D eigenvalue weighted by molar-refractivity contribution is -0.126. The second-order valence-corrected chi connectivity index (χ2v) is 14.9. The fraction of sp³-hybridized carbons (Fsp3) is 0.757. The number of hydrogen-bond donors (Lipinski definition) is 9. The zero-order valence-electron chi connectivity index (χ0n) is 31.8. The molecule has 2 heterocycles. The summed E-state index contributed by atoms with van der Waals surface area (Å²) in [5, 5.41) is 56.8. The molecule has 0 radical (unpaired) electrons. The quantitative estimate of drug-likeness (QED) is 0.0526.